The van der Waals surface area contributed by atoms with Crippen LogP contribution in [0.3, 0.4) is 0 Å². The van der Waals surface area contributed by atoms with Crippen LogP contribution >= 0.6 is 0 Å². The SMILES string of the molecule is O=C(c1nn(-c2ccc(CN3CC(F)(F)C3)cc2)c2c1CS(=O)c1ccccc1-2)N1CCOCC1. The maximum atomic E-state index is 13.4. The van der Waals surface area contributed by atoms with Gasteiger partial charge in [-0.05, 0) is 23.8 Å². The first-order valence-corrected chi connectivity index (χ1v) is 12.9. The summed E-state index contributed by atoms with van der Waals surface area (Å²) in [6.07, 6.45) is 0. The number of morpholine rings is 1. The summed E-state index contributed by atoms with van der Waals surface area (Å²) in [6.45, 7) is 1.96. The van der Waals surface area contributed by atoms with Crippen molar-refractivity contribution < 1.29 is 22.5 Å². The Kier molecular flexibility index (Phi) is 5.54. The van der Waals surface area contributed by atoms with Crippen molar-refractivity contribution in [3.8, 4) is 16.9 Å². The fraction of sp³-hybridized carbons (Fsp3) is 0.360. The molecule has 0 aliphatic carbocycles. The van der Waals surface area contributed by atoms with Crippen molar-refractivity contribution in [3.05, 3.63) is 65.4 Å². The number of ether oxygens (including phenoxy) is 1. The molecule has 2 fully saturated rings. The summed E-state index contributed by atoms with van der Waals surface area (Å²) < 4.78 is 46.5. The number of benzene rings is 2. The lowest BCUT2D eigenvalue weighted by Gasteiger charge is -2.38. The molecule has 1 amide bonds. The Morgan fingerprint density at radius 3 is 2.49 bits per heavy atom. The average molecular weight is 499 g/mol. The molecule has 0 radical (unpaired) electrons. The maximum absolute atomic E-state index is 13.4. The smallest absolute Gasteiger partial charge is 0.274 e. The highest BCUT2D eigenvalue weighted by atomic mass is 32.2. The fourth-order valence-corrected chi connectivity index (χ4v) is 6.26. The molecule has 0 saturated carbocycles. The van der Waals surface area contributed by atoms with Crippen LogP contribution in [0.4, 0.5) is 8.78 Å². The molecule has 0 N–H and O–H groups in total. The topological polar surface area (TPSA) is 67.7 Å². The van der Waals surface area contributed by atoms with Crippen molar-refractivity contribution in [3.63, 3.8) is 0 Å². The second kappa shape index (κ2) is 8.61. The summed E-state index contributed by atoms with van der Waals surface area (Å²) in [4.78, 5) is 17.6. The van der Waals surface area contributed by atoms with Crippen LogP contribution in [0.5, 0.6) is 0 Å². The summed E-state index contributed by atoms with van der Waals surface area (Å²) in [6, 6.07) is 15.1. The van der Waals surface area contributed by atoms with Crippen molar-refractivity contribution in [1.82, 2.24) is 19.6 Å². The lowest BCUT2D eigenvalue weighted by molar-refractivity contribution is -0.133. The molecule has 2 aromatic carbocycles. The predicted molar refractivity (Wildman–Crippen MR) is 126 cm³/mol. The van der Waals surface area contributed by atoms with E-state index >= 15 is 0 Å². The van der Waals surface area contributed by atoms with E-state index in [1.54, 1.807) is 14.5 Å². The fourth-order valence-electron chi connectivity index (χ4n) is 4.93. The number of carbonyl (C=O) groups excluding carboxylic acids is 1. The van der Waals surface area contributed by atoms with Crippen molar-refractivity contribution >= 4 is 16.7 Å². The van der Waals surface area contributed by atoms with Crippen LogP contribution in [-0.4, -0.2) is 75.0 Å². The first-order valence-electron chi connectivity index (χ1n) is 11.6. The van der Waals surface area contributed by atoms with E-state index in [1.807, 2.05) is 48.5 Å². The monoisotopic (exact) mass is 498 g/mol. The second-order valence-electron chi connectivity index (χ2n) is 9.15. The van der Waals surface area contributed by atoms with E-state index in [0.717, 1.165) is 27.4 Å². The standard InChI is InChI=1S/C25H24F2N4O3S/c26-25(27)15-29(16-25)13-17-5-7-18(8-6-17)31-23-19-3-1-2-4-21(19)35(33)14-20(23)22(28-31)24(32)30-9-11-34-12-10-30/h1-8H,9-16H2. The molecule has 1 atom stereocenters. The van der Waals surface area contributed by atoms with Gasteiger partial charge in [0.05, 0.1) is 54.2 Å². The number of nitrogens with zero attached hydrogens (tertiary/aromatic N) is 4. The van der Waals surface area contributed by atoms with E-state index in [0.29, 0.717) is 44.1 Å². The summed E-state index contributed by atoms with van der Waals surface area (Å²) >= 11 is 0. The molecule has 182 valence electrons. The molecule has 6 rings (SSSR count). The number of rotatable bonds is 4. The van der Waals surface area contributed by atoms with Gasteiger partial charge in [0, 0.05) is 35.7 Å². The van der Waals surface area contributed by atoms with Gasteiger partial charge in [-0.15, -0.1) is 0 Å². The molecule has 0 bridgehead atoms. The summed E-state index contributed by atoms with van der Waals surface area (Å²) in [5.41, 5.74) is 4.25. The van der Waals surface area contributed by atoms with E-state index in [2.05, 4.69) is 0 Å². The first kappa shape index (κ1) is 22.5. The van der Waals surface area contributed by atoms with Gasteiger partial charge < -0.3 is 9.64 Å². The molecular weight excluding hydrogens is 474 g/mol. The first-order chi connectivity index (χ1) is 16.9. The largest absolute Gasteiger partial charge is 0.378 e. The molecule has 3 aliphatic rings. The molecule has 35 heavy (non-hydrogen) atoms. The van der Waals surface area contributed by atoms with Gasteiger partial charge in [0.1, 0.15) is 0 Å². The van der Waals surface area contributed by atoms with Crippen LogP contribution in [-0.2, 0) is 27.8 Å². The van der Waals surface area contributed by atoms with E-state index in [4.69, 9.17) is 9.84 Å². The number of fused-ring (bicyclic) bond motifs is 3. The maximum Gasteiger partial charge on any atom is 0.274 e. The van der Waals surface area contributed by atoms with Crippen molar-refractivity contribution in [2.24, 2.45) is 0 Å². The number of carbonyl (C=O) groups is 1. The zero-order chi connectivity index (χ0) is 24.2. The molecule has 2 saturated heterocycles. The molecular formula is C25H24F2N4O3S. The van der Waals surface area contributed by atoms with Gasteiger partial charge in [0.15, 0.2) is 5.69 Å². The molecule has 3 aliphatic heterocycles. The zero-order valence-corrected chi connectivity index (χ0v) is 19.8. The third-order valence-electron chi connectivity index (χ3n) is 6.64. The Morgan fingerprint density at radius 1 is 1.06 bits per heavy atom. The van der Waals surface area contributed by atoms with Crippen LogP contribution in [0.25, 0.3) is 16.9 Å². The quantitative estimate of drug-likeness (QED) is 0.553. The van der Waals surface area contributed by atoms with Gasteiger partial charge in [0.2, 0.25) is 0 Å². The Balaban J connectivity index is 1.39. The third-order valence-corrected chi connectivity index (χ3v) is 8.04. The number of amides is 1. The molecule has 3 aromatic rings. The molecule has 1 aromatic heterocycles. The molecule has 0 spiro atoms. The number of hydrogen-bond donors (Lipinski definition) is 0. The van der Waals surface area contributed by atoms with Gasteiger partial charge in [-0.2, -0.15) is 5.10 Å². The van der Waals surface area contributed by atoms with Crippen molar-refractivity contribution in [1.29, 1.82) is 0 Å². The molecule has 7 nitrogen and oxygen atoms in total. The van der Waals surface area contributed by atoms with E-state index in [1.165, 1.54) is 0 Å². The van der Waals surface area contributed by atoms with Crippen LogP contribution in [0.15, 0.2) is 53.4 Å². The van der Waals surface area contributed by atoms with Gasteiger partial charge >= 0.3 is 0 Å². The molecule has 10 heteroatoms. The van der Waals surface area contributed by atoms with Crippen molar-refractivity contribution in [2.45, 2.75) is 23.1 Å². The van der Waals surface area contributed by atoms with Crippen molar-refractivity contribution in [2.75, 3.05) is 39.4 Å². The Bertz CT molecular complexity index is 1310. The number of halogens is 2. The van der Waals surface area contributed by atoms with Crippen LogP contribution < -0.4 is 0 Å². The normalized spacial score (nSPS) is 21.2. The number of alkyl halides is 2. The van der Waals surface area contributed by atoms with E-state index < -0.39 is 16.7 Å². The third kappa shape index (κ3) is 4.09. The minimum Gasteiger partial charge on any atom is -0.378 e. The summed E-state index contributed by atoms with van der Waals surface area (Å²) in [7, 11) is -1.28. The van der Waals surface area contributed by atoms with E-state index in [9.17, 15) is 17.8 Å². The summed E-state index contributed by atoms with van der Waals surface area (Å²) in [5, 5.41) is 4.75. The zero-order valence-electron chi connectivity index (χ0n) is 19.0. The number of likely N-dealkylation sites (tertiary alicyclic amines) is 1. The minimum atomic E-state index is -2.59. The highest BCUT2D eigenvalue weighted by Crippen LogP contribution is 2.39. The Hall–Kier alpha value is -2.95. The lowest BCUT2D eigenvalue weighted by Crippen LogP contribution is -2.55. The van der Waals surface area contributed by atoms with Crippen LogP contribution in [0, 0.1) is 0 Å². The van der Waals surface area contributed by atoms with Crippen LogP contribution in [0.2, 0.25) is 0 Å². The van der Waals surface area contributed by atoms with Crippen LogP contribution in [0.1, 0.15) is 21.6 Å². The number of aromatic nitrogens is 2. The molecule has 1 unspecified atom stereocenters. The van der Waals surface area contributed by atoms with Gasteiger partial charge in [0.25, 0.3) is 11.8 Å². The Labute approximate surface area is 203 Å². The summed E-state index contributed by atoms with van der Waals surface area (Å²) in [5.74, 6) is -2.56. The van der Waals surface area contributed by atoms with Gasteiger partial charge in [-0.1, -0.05) is 30.3 Å². The van der Waals surface area contributed by atoms with Gasteiger partial charge in [-0.25, -0.2) is 13.5 Å². The minimum absolute atomic E-state index is 0.185. The van der Waals surface area contributed by atoms with Gasteiger partial charge in [-0.3, -0.25) is 13.9 Å². The lowest BCUT2D eigenvalue weighted by atomic mass is 10.0. The average Bonchev–Trinajstić information content (AvgIpc) is 3.23. The Morgan fingerprint density at radius 2 is 1.77 bits per heavy atom. The van der Waals surface area contributed by atoms with E-state index in [-0.39, 0.29) is 24.7 Å². The number of hydrogen-bond acceptors (Lipinski definition) is 5. The predicted octanol–water partition coefficient (Wildman–Crippen LogP) is 3.08. The highest BCUT2D eigenvalue weighted by Gasteiger charge is 2.43. The second-order valence-corrected chi connectivity index (χ2v) is 10.6. The highest BCUT2D eigenvalue weighted by molar-refractivity contribution is 7.84. The molecule has 4 heterocycles.